The molecule has 6 heteroatoms. The number of ether oxygens (including phenoxy) is 1. The molecule has 0 saturated carbocycles. The van der Waals surface area contributed by atoms with E-state index in [9.17, 15) is 0 Å². The van der Waals surface area contributed by atoms with Gasteiger partial charge in [-0.25, -0.2) is 4.98 Å². The van der Waals surface area contributed by atoms with Crippen LogP contribution in [0.15, 0.2) is 29.3 Å². The summed E-state index contributed by atoms with van der Waals surface area (Å²) >= 11 is 1.78. The molecule has 0 radical (unpaired) electrons. The minimum Gasteiger partial charge on any atom is -0.385 e. The van der Waals surface area contributed by atoms with Crippen molar-refractivity contribution in [1.82, 2.24) is 15.6 Å². The number of rotatable bonds is 8. The van der Waals surface area contributed by atoms with Crippen LogP contribution in [0.1, 0.15) is 17.8 Å². The fourth-order valence-corrected chi connectivity index (χ4v) is 3.13. The number of aromatic nitrogens is 1. The monoisotopic (exact) mass is 320 g/mol. The van der Waals surface area contributed by atoms with Crippen LogP contribution in [0.25, 0.3) is 10.2 Å². The predicted octanol–water partition coefficient (Wildman–Crippen LogP) is 2.43. The van der Waals surface area contributed by atoms with Crippen molar-refractivity contribution in [2.75, 3.05) is 33.9 Å². The number of nitrogens with one attached hydrogen (secondary N) is 2. The second-order valence-corrected chi connectivity index (χ2v) is 6.07. The number of para-hydroxylation sites is 1. The number of hydrogen-bond acceptors (Lipinski definition) is 4. The summed E-state index contributed by atoms with van der Waals surface area (Å²) in [6, 6.07) is 8.29. The number of hydrogen-bond donors (Lipinski definition) is 2. The van der Waals surface area contributed by atoms with Gasteiger partial charge in [0.2, 0.25) is 0 Å². The van der Waals surface area contributed by atoms with Gasteiger partial charge in [0.05, 0.1) is 15.2 Å². The Morgan fingerprint density at radius 3 is 2.73 bits per heavy atom. The van der Waals surface area contributed by atoms with Crippen molar-refractivity contribution in [3.05, 3.63) is 29.3 Å². The third kappa shape index (κ3) is 5.27. The molecule has 5 nitrogen and oxygen atoms in total. The maximum absolute atomic E-state index is 5.02. The maximum Gasteiger partial charge on any atom is 0.190 e. The van der Waals surface area contributed by atoms with Gasteiger partial charge >= 0.3 is 0 Å². The van der Waals surface area contributed by atoms with E-state index in [4.69, 9.17) is 4.74 Å². The molecule has 22 heavy (non-hydrogen) atoms. The summed E-state index contributed by atoms with van der Waals surface area (Å²) < 4.78 is 6.29. The number of nitrogens with zero attached hydrogens (tertiary/aromatic N) is 2. The molecule has 0 spiro atoms. The number of aliphatic imine (C=N–C) groups is 1. The molecule has 0 unspecified atom stereocenters. The van der Waals surface area contributed by atoms with E-state index in [0.717, 1.165) is 50.4 Å². The zero-order valence-corrected chi connectivity index (χ0v) is 14.1. The highest BCUT2D eigenvalue weighted by molar-refractivity contribution is 7.18. The number of aryl methyl sites for hydroxylation is 1. The highest BCUT2D eigenvalue weighted by Gasteiger charge is 2.03. The number of methoxy groups -OCH3 is 1. The Labute approximate surface area is 135 Å². The van der Waals surface area contributed by atoms with Crippen molar-refractivity contribution in [2.24, 2.45) is 4.99 Å². The molecule has 120 valence electrons. The Morgan fingerprint density at radius 1 is 1.23 bits per heavy atom. The minimum atomic E-state index is 0.765. The summed E-state index contributed by atoms with van der Waals surface area (Å²) in [5.74, 6) is 0.848. The van der Waals surface area contributed by atoms with E-state index in [0.29, 0.717) is 0 Å². The molecule has 0 bridgehead atoms. The summed E-state index contributed by atoms with van der Waals surface area (Å²) in [4.78, 5) is 8.86. The molecule has 2 aromatic rings. The highest BCUT2D eigenvalue weighted by Crippen LogP contribution is 2.22. The van der Waals surface area contributed by atoms with Crippen LogP contribution in [0.2, 0.25) is 0 Å². The van der Waals surface area contributed by atoms with Crippen molar-refractivity contribution >= 4 is 27.5 Å². The van der Waals surface area contributed by atoms with Crippen LogP contribution < -0.4 is 10.6 Å². The fourth-order valence-electron chi connectivity index (χ4n) is 2.12. The zero-order valence-electron chi connectivity index (χ0n) is 13.3. The Kier molecular flexibility index (Phi) is 7.12. The number of thiazole rings is 1. The summed E-state index contributed by atoms with van der Waals surface area (Å²) in [6.45, 7) is 2.52. The van der Waals surface area contributed by atoms with Crippen molar-refractivity contribution in [3.63, 3.8) is 0 Å². The van der Waals surface area contributed by atoms with Crippen LogP contribution in [0.5, 0.6) is 0 Å². The SMILES string of the molecule is CN=C(NCCCOC)NCCCc1nc2ccccc2s1. The third-order valence-electron chi connectivity index (χ3n) is 3.24. The van der Waals surface area contributed by atoms with E-state index < -0.39 is 0 Å². The maximum atomic E-state index is 5.02. The molecule has 0 aliphatic heterocycles. The third-order valence-corrected chi connectivity index (χ3v) is 4.34. The average molecular weight is 320 g/mol. The lowest BCUT2D eigenvalue weighted by Crippen LogP contribution is -2.38. The Hall–Kier alpha value is -1.66. The predicted molar refractivity (Wildman–Crippen MR) is 93.8 cm³/mol. The standard InChI is InChI=1S/C16H24N4OS/c1-17-16(19-11-6-12-21-2)18-10-5-9-15-20-13-7-3-4-8-14(13)22-15/h3-4,7-8H,5-6,9-12H2,1-2H3,(H2,17,18,19). The Morgan fingerprint density at radius 2 is 2.00 bits per heavy atom. The molecule has 2 rings (SSSR count). The van der Waals surface area contributed by atoms with Crippen LogP contribution >= 0.6 is 11.3 Å². The quantitative estimate of drug-likeness (QED) is 0.445. The lowest BCUT2D eigenvalue weighted by molar-refractivity contribution is 0.195. The number of benzene rings is 1. The first-order valence-electron chi connectivity index (χ1n) is 7.61. The summed E-state index contributed by atoms with van der Waals surface area (Å²) in [5, 5.41) is 7.80. The van der Waals surface area contributed by atoms with Gasteiger partial charge in [0.15, 0.2) is 5.96 Å². The molecule has 1 heterocycles. The summed E-state index contributed by atoms with van der Waals surface area (Å²) in [5.41, 5.74) is 1.10. The van der Waals surface area contributed by atoms with Crippen molar-refractivity contribution < 1.29 is 4.74 Å². The van der Waals surface area contributed by atoms with E-state index >= 15 is 0 Å². The van der Waals surface area contributed by atoms with Gasteiger partial charge in [0, 0.05) is 40.3 Å². The second-order valence-electron chi connectivity index (χ2n) is 4.95. The molecule has 2 N–H and O–H groups in total. The molecular weight excluding hydrogens is 296 g/mol. The first-order chi connectivity index (χ1) is 10.8. The molecular formula is C16H24N4OS. The molecule has 0 aliphatic carbocycles. The van der Waals surface area contributed by atoms with Crippen molar-refractivity contribution in [3.8, 4) is 0 Å². The molecule has 0 fully saturated rings. The van der Waals surface area contributed by atoms with Crippen LogP contribution in [0.4, 0.5) is 0 Å². The van der Waals surface area contributed by atoms with Crippen LogP contribution in [-0.2, 0) is 11.2 Å². The first-order valence-corrected chi connectivity index (χ1v) is 8.43. The topological polar surface area (TPSA) is 58.5 Å². The molecule has 1 aromatic heterocycles. The molecule has 1 aromatic carbocycles. The first kappa shape index (κ1) is 16.7. The Bertz CT molecular complexity index is 564. The smallest absolute Gasteiger partial charge is 0.190 e. The van der Waals surface area contributed by atoms with Gasteiger partial charge in [-0.05, 0) is 25.0 Å². The normalized spacial score (nSPS) is 11.8. The minimum absolute atomic E-state index is 0.765. The van der Waals surface area contributed by atoms with E-state index in [1.807, 2.05) is 6.07 Å². The summed E-state index contributed by atoms with van der Waals surface area (Å²) in [7, 11) is 3.51. The van der Waals surface area contributed by atoms with E-state index in [1.165, 1.54) is 9.71 Å². The van der Waals surface area contributed by atoms with Crippen LogP contribution in [-0.4, -0.2) is 44.8 Å². The average Bonchev–Trinajstić information content (AvgIpc) is 2.96. The largest absolute Gasteiger partial charge is 0.385 e. The van der Waals surface area contributed by atoms with Gasteiger partial charge < -0.3 is 15.4 Å². The van der Waals surface area contributed by atoms with Gasteiger partial charge in [0.25, 0.3) is 0 Å². The summed E-state index contributed by atoms with van der Waals surface area (Å²) in [6.07, 6.45) is 3.01. The molecule has 0 saturated heterocycles. The van der Waals surface area contributed by atoms with Gasteiger partial charge in [-0.3, -0.25) is 4.99 Å². The lowest BCUT2D eigenvalue weighted by atomic mass is 10.3. The van der Waals surface area contributed by atoms with Gasteiger partial charge in [-0.1, -0.05) is 12.1 Å². The highest BCUT2D eigenvalue weighted by atomic mass is 32.1. The van der Waals surface area contributed by atoms with Crippen LogP contribution in [0, 0.1) is 0 Å². The Balaban J connectivity index is 1.67. The van der Waals surface area contributed by atoms with Gasteiger partial charge in [-0.15, -0.1) is 11.3 Å². The second kappa shape index (κ2) is 9.38. The lowest BCUT2D eigenvalue weighted by Gasteiger charge is -2.11. The van der Waals surface area contributed by atoms with E-state index in [2.05, 4.69) is 38.8 Å². The number of fused-ring (bicyclic) bond motifs is 1. The van der Waals surface area contributed by atoms with Crippen molar-refractivity contribution in [2.45, 2.75) is 19.3 Å². The zero-order chi connectivity index (χ0) is 15.6. The van der Waals surface area contributed by atoms with Gasteiger partial charge in [0.1, 0.15) is 0 Å². The molecule has 0 atom stereocenters. The molecule has 0 aliphatic rings. The van der Waals surface area contributed by atoms with E-state index in [1.54, 1.807) is 25.5 Å². The fraction of sp³-hybridized carbons (Fsp3) is 0.500. The number of guanidine groups is 1. The van der Waals surface area contributed by atoms with E-state index in [-0.39, 0.29) is 0 Å². The molecule has 0 amide bonds. The van der Waals surface area contributed by atoms with Crippen LogP contribution in [0.3, 0.4) is 0 Å². The van der Waals surface area contributed by atoms with Gasteiger partial charge in [-0.2, -0.15) is 0 Å². The van der Waals surface area contributed by atoms with Crippen molar-refractivity contribution in [1.29, 1.82) is 0 Å².